The van der Waals surface area contributed by atoms with Crippen LogP contribution in [-0.4, -0.2) is 35.4 Å². The van der Waals surface area contributed by atoms with E-state index in [2.05, 4.69) is 0 Å². The van der Waals surface area contributed by atoms with E-state index in [1.165, 1.54) is 11.4 Å². The van der Waals surface area contributed by atoms with Gasteiger partial charge in [0.15, 0.2) is 0 Å². The standard InChI is InChI=1S/C17H21NO4S2/c1-5-18(16-11-6-13(21-2)12-17(16)22-3)24(19,20)15-9-7-14(23-4)8-10-15/h6-12H,5H2,1-4H3. The molecule has 0 spiro atoms. The highest BCUT2D eigenvalue weighted by atomic mass is 32.2. The molecule has 0 unspecified atom stereocenters. The molecule has 5 nitrogen and oxygen atoms in total. The quantitative estimate of drug-likeness (QED) is 0.699. The third-order valence-electron chi connectivity index (χ3n) is 3.59. The highest BCUT2D eigenvalue weighted by Gasteiger charge is 2.26. The van der Waals surface area contributed by atoms with Gasteiger partial charge in [0.2, 0.25) is 0 Å². The first-order valence-electron chi connectivity index (χ1n) is 7.36. The summed E-state index contributed by atoms with van der Waals surface area (Å²) in [5.41, 5.74) is 0.481. The van der Waals surface area contributed by atoms with Crippen molar-refractivity contribution in [3.05, 3.63) is 42.5 Å². The lowest BCUT2D eigenvalue weighted by Gasteiger charge is -2.25. The normalized spacial score (nSPS) is 11.2. The van der Waals surface area contributed by atoms with E-state index in [-0.39, 0.29) is 11.4 Å². The molecule has 0 aliphatic carbocycles. The fraction of sp³-hybridized carbons (Fsp3) is 0.294. The molecule has 0 aromatic heterocycles. The Labute approximate surface area is 147 Å². The van der Waals surface area contributed by atoms with Gasteiger partial charge in [0, 0.05) is 17.5 Å². The largest absolute Gasteiger partial charge is 0.497 e. The van der Waals surface area contributed by atoms with E-state index >= 15 is 0 Å². The van der Waals surface area contributed by atoms with E-state index < -0.39 is 10.0 Å². The van der Waals surface area contributed by atoms with Crippen LogP contribution in [0.25, 0.3) is 0 Å². The number of benzene rings is 2. The van der Waals surface area contributed by atoms with Gasteiger partial charge in [-0.3, -0.25) is 4.31 Å². The van der Waals surface area contributed by atoms with Gasteiger partial charge in [0.25, 0.3) is 10.0 Å². The zero-order valence-electron chi connectivity index (χ0n) is 14.1. The fourth-order valence-electron chi connectivity index (χ4n) is 2.34. The molecule has 0 heterocycles. The number of anilines is 1. The maximum Gasteiger partial charge on any atom is 0.264 e. The van der Waals surface area contributed by atoms with Crippen LogP contribution in [0.3, 0.4) is 0 Å². The molecular formula is C17H21NO4S2. The zero-order chi connectivity index (χ0) is 17.7. The highest BCUT2D eigenvalue weighted by Crippen LogP contribution is 2.35. The van der Waals surface area contributed by atoms with Crippen LogP contribution in [0.4, 0.5) is 5.69 Å². The molecule has 0 N–H and O–H groups in total. The van der Waals surface area contributed by atoms with E-state index in [1.807, 2.05) is 6.26 Å². The van der Waals surface area contributed by atoms with Crippen molar-refractivity contribution in [2.24, 2.45) is 0 Å². The molecule has 0 atom stereocenters. The van der Waals surface area contributed by atoms with Crippen LogP contribution >= 0.6 is 11.8 Å². The molecule has 0 aliphatic heterocycles. The number of rotatable bonds is 7. The van der Waals surface area contributed by atoms with Gasteiger partial charge in [0.05, 0.1) is 24.8 Å². The Bertz CT molecular complexity index is 789. The second-order valence-corrected chi connectivity index (χ2v) is 7.63. The summed E-state index contributed by atoms with van der Waals surface area (Å²) in [5, 5.41) is 0. The van der Waals surface area contributed by atoms with Crippen LogP contribution in [-0.2, 0) is 10.0 Å². The monoisotopic (exact) mass is 367 g/mol. The smallest absolute Gasteiger partial charge is 0.264 e. The maximum absolute atomic E-state index is 13.0. The molecular weight excluding hydrogens is 346 g/mol. The average molecular weight is 367 g/mol. The van der Waals surface area contributed by atoms with Crippen molar-refractivity contribution in [1.82, 2.24) is 0 Å². The van der Waals surface area contributed by atoms with Gasteiger partial charge in [-0.25, -0.2) is 8.42 Å². The van der Waals surface area contributed by atoms with Gasteiger partial charge >= 0.3 is 0 Å². The third kappa shape index (κ3) is 3.62. The van der Waals surface area contributed by atoms with Gasteiger partial charge in [0.1, 0.15) is 11.5 Å². The molecule has 0 aliphatic rings. The summed E-state index contributed by atoms with van der Waals surface area (Å²) < 4.78 is 37.9. The molecule has 2 rings (SSSR count). The maximum atomic E-state index is 13.0. The minimum absolute atomic E-state index is 0.250. The number of ether oxygens (including phenoxy) is 2. The lowest BCUT2D eigenvalue weighted by atomic mass is 10.2. The van der Waals surface area contributed by atoms with Crippen LogP contribution in [0.15, 0.2) is 52.3 Å². The summed E-state index contributed by atoms with van der Waals surface area (Å²) >= 11 is 1.57. The lowest BCUT2D eigenvalue weighted by Crippen LogP contribution is -2.31. The number of hydrogen-bond acceptors (Lipinski definition) is 5. The zero-order valence-corrected chi connectivity index (χ0v) is 15.8. The second-order valence-electron chi connectivity index (χ2n) is 4.88. The molecule has 0 bridgehead atoms. The minimum Gasteiger partial charge on any atom is -0.497 e. The number of sulfonamides is 1. The van der Waals surface area contributed by atoms with E-state index in [0.717, 1.165) is 4.90 Å². The predicted molar refractivity (Wildman–Crippen MR) is 98.0 cm³/mol. The molecule has 0 radical (unpaired) electrons. The summed E-state index contributed by atoms with van der Waals surface area (Å²) in [6.45, 7) is 2.08. The SMILES string of the molecule is CCN(c1ccc(OC)cc1OC)S(=O)(=O)c1ccc(SC)cc1. The number of thioether (sulfide) groups is 1. The van der Waals surface area contributed by atoms with E-state index in [4.69, 9.17) is 9.47 Å². The Hall–Kier alpha value is -1.86. The minimum atomic E-state index is -3.68. The van der Waals surface area contributed by atoms with Gasteiger partial charge in [-0.1, -0.05) is 0 Å². The molecule has 24 heavy (non-hydrogen) atoms. The first kappa shape index (κ1) is 18.5. The molecule has 0 saturated heterocycles. The topological polar surface area (TPSA) is 55.8 Å². The Kier molecular flexibility index (Phi) is 6.01. The van der Waals surface area contributed by atoms with E-state index in [0.29, 0.717) is 17.2 Å². The van der Waals surface area contributed by atoms with Crippen LogP contribution in [0, 0.1) is 0 Å². The summed E-state index contributed by atoms with van der Waals surface area (Å²) in [6, 6.07) is 11.9. The molecule has 0 fully saturated rings. The fourth-order valence-corrected chi connectivity index (χ4v) is 4.23. The third-order valence-corrected chi connectivity index (χ3v) is 6.24. The molecule has 130 valence electrons. The van der Waals surface area contributed by atoms with Crippen molar-refractivity contribution in [3.63, 3.8) is 0 Å². The summed E-state index contributed by atoms with van der Waals surface area (Å²) in [4.78, 5) is 1.26. The van der Waals surface area contributed by atoms with Crippen molar-refractivity contribution >= 4 is 27.5 Å². The van der Waals surface area contributed by atoms with E-state index in [1.54, 1.807) is 68.3 Å². The Morgan fingerprint density at radius 2 is 1.71 bits per heavy atom. The van der Waals surface area contributed by atoms with Crippen molar-refractivity contribution in [2.75, 3.05) is 31.3 Å². The van der Waals surface area contributed by atoms with Crippen molar-refractivity contribution < 1.29 is 17.9 Å². The van der Waals surface area contributed by atoms with Gasteiger partial charge < -0.3 is 9.47 Å². The number of hydrogen-bond donors (Lipinski definition) is 0. The Balaban J connectivity index is 2.49. The number of methoxy groups -OCH3 is 2. The molecule has 0 amide bonds. The highest BCUT2D eigenvalue weighted by molar-refractivity contribution is 7.98. The summed E-state index contributed by atoms with van der Waals surface area (Å²) in [6.07, 6.45) is 1.95. The summed E-state index contributed by atoms with van der Waals surface area (Å²) in [7, 11) is -0.620. The van der Waals surface area contributed by atoms with Crippen molar-refractivity contribution in [2.45, 2.75) is 16.7 Å². The van der Waals surface area contributed by atoms with Crippen LogP contribution in [0.5, 0.6) is 11.5 Å². The van der Waals surface area contributed by atoms with Gasteiger partial charge in [-0.05, 0) is 49.6 Å². The molecule has 0 saturated carbocycles. The van der Waals surface area contributed by atoms with Crippen molar-refractivity contribution in [1.29, 1.82) is 0 Å². The van der Waals surface area contributed by atoms with E-state index in [9.17, 15) is 8.42 Å². The van der Waals surface area contributed by atoms with Gasteiger partial charge in [-0.15, -0.1) is 11.8 Å². The first-order chi connectivity index (χ1) is 11.5. The Morgan fingerprint density at radius 1 is 1.04 bits per heavy atom. The van der Waals surface area contributed by atoms with Gasteiger partial charge in [-0.2, -0.15) is 0 Å². The summed E-state index contributed by atoms with van der Waals surface area (Å²) in [5.74, 6) is 1.05. The lowest BCUT2D eigenvalue weighted by molar-refractivity contribution is 0.395. The molecule has 2 aromatic rings. The second kappa shape index (κ2) is 7.81. The van der Waals surface area contributed by atoms with Crippen LogP contribution in [0.2, 0.25) is 0 Å². The Morgan fingerprint density at radius 3 is 2.21 bits per heavy atom. The first-order valence-corrected chi connectivity index (χ1v) is 10.0. The number of nitrogens with zero attached hydrogens (tertiary/aromatic N) is 1. The molecule has 2 aromatic carbocycles. The molecule has 7 heteroatoms. The average Bonchev–Trinajstić information content (AvgIpc) is 2.62. The van der Waals surface area contributed by atoms with Crippen molar-refractivity contribution in [3.8, 4) is 11.5 Å². The van der Waals surface area contributed by atoms with Crippen LogP contribution < -0.4 is 13.8 Å². The van der Waals surface area contributed by atoms with Crippen LogP contribution in [0.1, 0.15) is 6.92 Å². The predicted octanol–water partition coefficient (Wildman–Crippen LogP) is 3.64.